The lowest BCUT2D eigenvalue weighted by atomic mass is 9.84. The van der Waals surface area contributed by atoms with Crippen LogP contribution in [0.15, 0.2) is 18.9 Å². The molecule has 1 N–H and O–H groups in total. The maximum Gasteiger partial charge on any atom is 0.245 e. The van der Waals surface area contributed by atoms with Crippen LogP contribution in [0.2, 0.25) is 0 Å². The predicted molar refractivity (Wildman–Crippen MR) is 100 cm³/mol. The zero-order chi connectivity index (χ0) is 18.3. The molecule has 0 saturated heterocycles. The lowest BCUT2D eigenvalue weighted by Gasteiger charge is -2.26. The van der Waals surface area contributed by atoms with E-state index in [0.717, 1.165) is 11.3 Å². The van der Waals surface area contributed by atoms with Gasteiger partial charge in [0.2, 0.25) is 11.8 Å². The van der Waals surface area contributed by atoms with Crippen LogP contribution in [0.3, 0.4) is 0 Å². The molecule has 0 bridgehead atoms. The number of carbonyl (C=O) groups excluding carboxylic acids is 2. The Hall–Kier alpha value is -1.69. The minimum atomic E-state index is -0.233. The number of aromatic nitrogens is 1. The van der Waals surface area contributed by atoms with E-state index in [0.29, 0.717) is 18.1 Å². The van der Waals surface area contributed by atoms with E-state index in [4.69, 9.17) is 0 Å². The molecule has 0 aliphatic heterocycles. The third kappa shape index (κ3) is 7.73. The van der Waals surface area contributed by atoms with Crippen LogP contribution >= 0.6 is 11.3 Å². The van der Waals surface area contributed by atoms with Gasteiger partial charge in [0.05, 0.1) is 0 Å². The summed E-state index contributed by atoms with van der Waals surface area (Å²) in [6.45, 7) is 14.6. The van der Waals surface area contributed by atoms with Gasteiger partial charge < -0.3 is 10.2 Å². The van der Waals surface area contributed by atoms with Crippen LogP contribution in [0.4, 0.5) is 5.13 Å². The number of amides is 2. The Balaban J connectivity index is 2.59. The van der Waals surface area contributed by atoms with Crippen molar-refractivity contribution in [3.05, 3.63) is 23.7 Å². The topological polar surface area (TPSA) is 62.3 Å². The second kappa shape index (κ2) is 8.97. The Bertz CT molecular complexity index is 575. The summed E-state index contributed by atoms with van der Waals surface area (Å²) in [6, 6.07) is 0. The van der Waals surface area contributed by atoms with E-state index in [1.807, 2.05) is 6.92 Å². The molecule has 0 aromatic carbocycles. The van der Waals surface area contributed by atoms with E-state index in [2.05, 4.69) is 44.6 Å². The van der Waals surface area contributed by atoms with E-state index >= 15 is 0 Å². The number of anilines is 1. The Morgan fingerprint density at radius 1 is 1.46 bits per heavy atom. The first-order valence-corrected chi connectivity index (χ1v) is 9.03. The van der Waals surface area contributed by atoms with Crippen molar-refractivity contribution in [2.75, 3.05) is 18.4 Å². The molecule has 0 aliphatic rings. The van der Waals surface area contributed by atoms with Crippen molar-refractivity contribution in [3.63, 3.8) is 0 Å². The smallest absolute Gasteiger partial charge is 0.245 e. The van der Waals surface area contributed by atoms with Gasteiger partial charge in [-0.25, -0.2) is 4.98 Å². The van der Waals surface area contributed by atoms with E-state index in [9.17, 15) is 9.59 Å². The van der Waals surface area contributed by atoms with Crippen LogP contribution in [0, 0.1) is 18.3 Å². The highest BCUT2D eigenvalue weighted by Gasteiger charge is 2.22. The third-order valence-corrected chi connectivity index (χ3v) is 4.22. The van der Waals surface area contributed by atoms with Crippen LogP contribution in [-0.2, 0) is 9.59 Å². The molecule has 1 rings (SSSR count). The molecule has 2 amide bonds. The summed E-state index contributed by atoms with van der Waals surface area (Å²) in [4.78, 5) is 31.3. The maximum atomic E-state index is 12.5. The maximum absolute atomic E-state index is 12.5. The second-order valence-electron chi connectivity index (χ2n) is 7.46. The molecule has 5 nitrogen and oxygen atoms in total. The average molecular weight is 352 g/mol. The first kappa shape index (κ1) is 20.4. The van der Waals surface area contributed by atoms with E-state index in [1.54, 1.807) is 17.2 Å². The van der Waals surface area contributed by atoms with Gasteiger partial charge >= 0.3 is 0 Å². The number of hydrogen-bond donors (Lipinski definition) is 1. The van der Waals surface area contributed by atoms with Crippen LogP contribution < -0.4 is 5.32 Å². The molecule has 0 saturated carbocycles. The van der Waals surface area contributed by atoms with Crippen molar-refractivity contribution in [1.29, 1.82) is 0 Å². The molecule has 0 aliphatic carbocycles. The minimum Gasteiger partial charge on any atom is -0.330 e. The first-order valence-electron chi connectivity index (χ1n) is 8.21. The van der Waals surface area contributed by atoms with Gasteiger partial charge in [0.1, 0.15) is 6.54 Å². The number of thiazole rings is 1. The van der Waals surface area contributed by atoms with Crippen molar-refractivity contribution in [2.24, 2.45) is 11.3 Å². The highest BCUT2D eigenvalue weighted by molar-refractivity contribution is 7.15. The van der Waals surface area contributed by atoms with Gasteiger partial charge in [-0.15, -0.1) is 17.9 Å². The van der Waals surface area contributed by atoms with E-state index in [1.165, 1.54) is 11.3 Å². The lowest BCUT2D eigenvalue weighted by molar-refractivity contribution is -0.135. The highest BCUT2D eigenvalue weighted by atomic mass is 32.1. The molecule has 1 unspecified atom stereocenters. The molecule has 24 heavy (non-hydrogen) atoms. The predicted octanol–water partition coefficient (Wildman–Crippen LogP) is 3.87. The standard InChI is InChI=1S/C18H29N3O2S/c1-7-8-21(16(23)9-13(2)10-18(4,5)6)12-15(22)20-17-19-11-14(3)24-17/h7,11,13H,1,8-10,12H2,2-6H3,(H,19,20,22). The summed E-state index contributed by atoms with van der Waals surface area (Å²) in [5.74, 6) is 0.0228. The number of nitrogens with zero attached hydrogens (tertiary/aromatic N) is 2. The Kier molecular flexibility index (Phi) is 7.60. The molecule has 1 aromatic heterocycles. The molecule has 1 atom stereocenters. The van der Waals surface area contributed by atoms with Crippen molar-refractivity contribution in [1.82, 2.24) is 9.88 Å². The molecule has 134 valence electrons. The molecule has 0 fully saturated rings. The van der Waals surface area contributed by atoms with Gasteiger partial charge in [-0.1, -0.05) is 33.8 Å². The normalized spacial score (nSPS) is 12.5. The Morgan fingerprint density at radius 2 is 2.12 bits per heavy atom. The third-order valence-electron chi connectivity index (χ3n) is 3.39. The second-order valence-corrected chi connectivity index (χ2v) is 8.70. The number of aryl methyl sites for hydroxylation is 1. The van der Waals surface area contributed by atoms with E-state index in [-0.39, 0.29) is 29.7 Å². The van der Waals surface area contributed by atoms with Crippen LogP contribution in [0.1, 0.15) is 45.4 Å². The number of hydrogen-bond acceptors (Lipinski definition) is 4. The summed E-state index contributed by atoms with van der Waals surface area (Å²) >= 11 is 1.42. The van der Waals surface area contributed by atoms with Crippen LogP contribution in [0.5, 0.6) is 0 Å². The molecule has 6 heteroatoms. The minimum absolute atomic E-state index is 0.0166. The van der Waals surface area contributed by atoms with Crippen molar-refractivity contribution in [2.45, 2.75) is 47.5 Å². The highest BCUT2D eigenvalue weighted by Crippen LogP contribution is 2.26. The fourth-order valence-electron chi connectivity index (χ4n) is 2.70. The van der Waals surface area contributed by atoms with Gasteiger partial charge in [0, 0.05) is 24.0 Å². The largest absolute Gasteiger partial charge is 0.330 e. The Morgan fingerprint density at radius 3 is 2.62 bits per heavy atom. The fourth-order valence-corrected chi connectivity index (χ4v) is 3.38. The van der Waals surface area contributed by atoms with Crippen molar-refractivity contribution < 1.29 is 9.59 Å². The quantitative estimate of drug-likeness (QED) is 0.723. The molecular weight excluding hydrogens is 322 g/mol. The van der Waals surface area contributed by atoms with Crippen LogP contribution in [0.25, 0.3) is 0 Å². The molecule has 1 aromatic rings. The van der Waals surface area contributed by atoms with Crippen molar-refractivity contribution in [3.8, 4) is 0 Å². The zero-order valence-corrected chi connectivity index (χ0v) is 16.2. The van der Waals surface area contributed by atoms with Gasteiger partial charge in [0.25, 0.3) is 0 Å². The summed E-state index contributed by atoms with van der Waals surface area (Å²) in [5, 5.41) is 3.30. The zero-order valence-electron chi connectivity index (χ0n) is 15.4. The average Bonchev–Trinajstić information content (AvgIpc) is 2.81. The van der Waals surface area contributed by atoms with Gasteiger partial charge in [-0.3, -0.25) is 9.59 Å². The molecular formula is C18H29N3O2S. The summed E-state index contributed by atoms with van der Waals surface area (Å²) in [7, 11) is 0. The molecule has 0 radical (unpaired) electrons. The molecule has 1 heterocycles. The fraction of sp³-hybridized carbons (Fsp3) is 0.611. The van der Waals surface area contributed by atoms with Gasteiger partial charge in [-0.05, 0) is 24.7 Å². The van der Waals surface area contributed by atoms with Crippen molar-refractivity contribution >= 4 is 28.3 Å². The van der Waals surface area contributed by atoms with E-state index < -0.39 is 0 Å². The van der Waals surface area contributed by atoms with Gasteiger partial charge in [-0.2, -0.15) is 0 Å². The summed E-state index contributed by atoms with van der Waals surface area (Å²) < 4.78 is 0. The van der Waals surface area contributed by atoms with Gasteiger partial charge in [0.15, 0.2) is 5.13 Å². The SMILES string of the molecule is C=CCN(CC(=O)Nc1ncc(C)s1)C(=O)CC(C)CC(C)(C)C. The number of carbonyl (C=O) groups is 2. The molecule has 0 spiro atoms. The number of rotatable bonds is 8. The van der Waals surface area contributed by atoms with Crippen LogP contribution in [-0.4, -0.2) is 34.8 Å². The number of nitrogens with one attached hydrogen (secondary N) is 1. The lowest BCUT2D eigenvalue weighted by Crippen LogP contribution is -2.39. The Labute approximate surface area is 149 Å². The first-order chi connectivity index (χ1) is 11.1. The monoisotopic (exact) mass is 351 g/mol. The summed E-state index contributed by atoms with van der Waals surface area (Å²) in [6.07, 6.45) is 4.76. The summed E-state index contributed by atoms with van der Waals surface area (Å²) in [5.41, 5.74) is 0.184.